The molecular weight excluding hydrogens is 242 g/mol. The van der Waals surface area contributed by atoms with E-state index in [0.717, 1.165) is 5.56 Å². The van der Waals surface area contributed by atoms with Gasteiger partial charge in [0.25, 0.3) is 0 Å². The third-order valence-electron chi connectivity index (χ3n) is 3.06. The van der Waals surface area contributed by atoms with Crippen LogP contribution in [-0.4, -0.2) is 30.4 Å². The van der Waals surface area contributed by atoms with Gasteiger partial charge in [-0.05, 0) is 19.4 Å². The van der Waals surface area contributed by atoms with Crippen LogP contribution in [0.15, 0.2) is 34.9 Å². The van der Waals surface area contributed by atoms with Gasteiger partial charge in [0.1, 0.15) is 0 Å². The van der Waals surface area contributed by atoms with Crippen molar-refractivity contribution in [2.75, 3.05) is 25.6 Å². The van der Waals surface area contributed by atoms with Crippen LogP contribution in [0.25, 0.3) is 0 Å². The Labute approximate surface area is 113 Å². The fraction of sp³-hybridized carbons (Fsp3) is 0.429. The number of hydrogen-bond donors (Lipinski definition) is 1. The minimum absolute atomic E-state index is 0.286. The Kier molecular flexibility index (Phi) is 4.16. The van der Waals surface area contributed by atoms with E-state index < -0.39 is 0 Å². The molecule has 0 aliphatic rings. The molecule has 5 heteroatoms. The summed E-state index contributed by atoms with van der Waals surface area (Å²) < 4.78 is 10.1. The zero-order valence-electron chi connectivity index (χ0n) is 11.5. The quantitative estimate of drug-likeness (QED) is 0.809. The highest BCUT2D eigenvalue weighted by atomic mass is 16.5. The lowest BCUT2D eigenvalue weighted by atomic mass is 9.84. The van der Waals surface area contributed by atoms with Gasteiger partial charge in [-0.25, -0.2) is 0 Å². The maximum atomic E-state index is 5.19. The average Bonchev–Trinajstić information content (AvgIpc) is 2.90. The molecule has 0 bridgehead atoms. The molecule has 0 spiro atoms. The van der Waals surface area contributed by atoms with E-state index in [9.17, 15) is 0 Å². The SMILES string of the molecule is COCCNc1nc(C(C)(C)c2ccccc2)no1. The van der Waals surface area contributed by atoms with Crippen molar-refractivity contribution < 1.29 is 9.26 Å². The van der Waals surface area contributed by atoms with E-state index in [2.05, 4.69) is 41.4 Å². The number of methoxy groups -OCH3 is 1. The van der Waals surface area contributed by atoms with Gasteiger partial charge in [-0.1, -0.05) is 35.5 Å². The maximum absolute atomic E-state index is 5.19. The van der Waals surface area contributed by atoms with Gasteiger partial charge < -0.3 is 14.6 Å². The topological polar surface area (TPSA) is 60.2 Å². The molecule has 19 heavy (non-hydrogen) atoms. The molecule has 2 rings (SSSR count). The highest BCUT2D eigenvalue weighted by molar-refractivity contribution is 5.32. The third-order valence-corrected chi connectivity index (χ3v) is 3.06. The molecule has 0 saturated heterocycles. The number of aromatic nitrogens is 2. The summed E-state index contributed by atoms with van der Waals surface area (Å²) in [7, 11) is 1.65. The molecule has 102 valence electrons. The van der Waals surface area contributed by atoms with Crippen LogP contribution < -0.4 is 5.32 Å². The molecule has 0 unspecified atom stereocenters. The van der Waals surface area contributed by atoms with Crippen LogP contribution in [0.1, 0.15) is 25.2 Å². The van der Waals surface area contributed by atoms with Crippen molar-refractivity contribution in [2.24, 2.45) is 0 Å². The normalized spacial score (nSPS) is 11.5. The van der Waals surface area contributed by atoms with E-state index in [1.165, 1.54) is 0 Å². The van der Waals surface area contributed by atoms with Crippen LogP contribution in [0.3, 0.4) is 0 Å². The van der Waals surface area contributed by atoms with E-state index in [1.807, 2.05) is 18.2 Å². The lowest BCUT2D eigenvalue weighted by Crippen LogP contribution is -2.20. The van der Waals surface area contributed by atoms with E-state index in [4.69, 9.17) is 9.26 Å². The zero-order valence-corrected chi connectivity index (χ0v) is 11.5. The molecule has 1 aromatic carbocycles. The molecule has 0 aliphatic carbocycles. The molecule has 2 aromatic rings. The summed E-state index contributed by atoms with van der Waals surface area (Å²) in [6.07, 6.45) is 0. The number of anilines is 1. The van der Waals surface area contributed by atoms with Gasteiger partial charge in [-0.15, -0.1) is 0 Å². The predicted molar refractivity (Wildman–Crippen MR) is 73.2 cm³/mol. The second-order valence-corrected chi connectivity index (χ2v) is 4.83. The fourth-order valence-corrected chi connectivity index (χ4v) is 1.79. The number of nitrogens with one attached hydrogen (secondary N) is 1. The first-order valence-corrected chi connectivity index (χ1v) is 6.27. The summed E-state index contributed by atoms with van der Waals surface area (Å²) in [6.45, 7) is 5.39. The summed E-state index contributed by atoms with van der Waals surface area (Å²) in [5.74, 6) is 0.665. The Morgan fingerprint density at radius 1 is 1.26 bits per heavy atom. The fourth-order valence-electron chi connectivity index (χ4n) is 1.79. The van der Waals surface area contributed by atoms with Gasteiger partial charge in [-0.2, -0.15) is 4.98 Å². The number of rotatable bonds is 6. The predicted octanol–water partition coefficient (Wildman–Crippen LogP) is 2.45. The lowest BCUT2D eigenvalue weighted by molar-refractivity contribution is 0.210. The van der Waals surface area contributed by atoms with Crippen molar-refractivity contribution in [3.63, 3.8) is 0 Å². The van der Waals surface area contributed by atoms with Gasteiger partial charge >= 0.3 is 6.01 Å². The van der Waals surface area contributed by atoms with Crippen molar-refractivity contribution in [1.29, 1.82) is 0 Å². The minimum atomic E-state index is -0.286. The first-order chi connectivity index (χ1) is 9.14. The van der Waals surface area contributed by atoms with Gasteiger partial charge in [0, 0.05) is 13.7 Å². The minimum Gasteiger partial charge on any atom is -0.383 e. The molecule has 0 fully saturated rings. The average molecular weight is 261 g/mol. The largest absolute Gasteiger partial charge is 0.383 e. The van der Waals surface area contributed by atoms with Gasteiger partial charge in [0.05, 0.1) is 12.0 Å². The Bertz CT molecular complexity index is 508. The van der Waals surface area contributed by atoms with Crippen molar-refractivity contribution in [2.45, 2.75) is 19.3 Å². The number of nitrogens with zero attached hydrogens (tertiary/aromatic N) is 2. The second kappa shape index (κ2) is 5.84. The van der Waals surface area contributed by atoms with E-state index in [0.29, 0.717) is 25.0 Å². The molecule has 1 aromatic heterocycles. The third kappa shape index (κ3) is 3.12. The standard InChI is InChI=1S/C14H19N3O2/c1-14(2,11-7-5-4-6-8-11)12-16-13(19-17-12)15-9-10-18-3/h4-8H,9-10H2,1-3H3,(H,15,16,17). The van der Waals surface area contributed by atoms with Crippen LogP contribution in [-0.2, 0) is 10.2 Å². The molecular formula is C14H19N3O2. The van der Waals surface area contributed by atoms with Crippen LogP contribution in [0.5, 0.6) is 0 Å². The molecule has 5 nitrogen and oxygen atoms in total. The molecule has 1 heterocycles. The molecule has 0 aliphatic heterocycles. The Morgan fingerprint density at radius 2 is 2.00 bits per heavy atom. The maximum Gasteiger partial charge on any atom is 0.321 e. The van der Waals surface area contributed by atoms with Crippen molar-refractivity contribution in [3.05, 3.63) is 41.7 Å². The van der Waals surface area contributed by atoms with Crippen LogP contribution >= 0.6 is 0 Å². The highest BCUT2D eigenvalue weighted by Gasteiger charge is 2.28. The van der Waals surface area contributed by atoms with Crippen molar-refractivity contribution in [1.82, 2.24) is 10.1 Å². The Balaban J connectivity index is 2.13. The van der Waals surface area contributed by atoms with Gasteiger partial charge in [0.15, 0.2) is 5.82 Å². The highest BCUT2D eigenvalue weighted by Crippen LogP contribution is 2.29. The summed E-state index contributed by atoms with van der Waals surface area (Å²) in [4.78, 5) is 4.39. The van der Waals surface area contributed by atoms with Gasteiger partial charge in [-0.3, -0.25) is 0 Å². The van der Waals surface area contributed by atoms with Gasteiger partial charge in [0.2, 0.25) is 0 Å². The number of hydrogen-bond acceptors (Lipinski definition) is 5. The second-order valence-electron chi connectivity index (χ2n) is 4.83. The summed E-state index contributed by atoms with van der Waals surface area (Å²) in [5.41, 5.74) is 0.866. The van der Waals surface area contributed by atoms with Crippen LogP contribution in [0.2, 0.25) is 0 Å². The van der Waals surface area contributed by atoms with Crippen LogP contribution in [0, 0.1) is 0 Å². The first kappa shape index (κ1) is 13.5. The molecule has 0 saturated carbocycles. The van der Waals surface area contributed by atoms with E-state index in [1.54, 1.807) is 7.11 Å². The number of ether oxygens (including phenoxy) is 1. The van der Waals surface area contributed by atoms with Crippen LogP contribution in [0.4, 0.5) is 6.01 Å². The lowest BCUT2D eigenvalue weighted by Gasteiger charge is -2.20. The molecule has 0 amide bonds. The van der Waals surface area contributed by atoms with Crippen molar-refractivity contribution in [3.8, 4) is 0 Å². The summed E-state index contributed by atoms with van der Waals surface area (Å²) in [5, 5.41) is 7.08. The van der Waals surface area contributed by atoms with E-state index in [-0.39, 0.29) is 5.41 Å². The monoisotopic (exact) mass is 261 g/mol. The molecule has 0 radical (unpaired) electrons. The summed E-state index contributed by atoms with van der Waals surface area (Å²) in [6, 6.07) is 10.6. The molecule has 1 N–H and O–H groups in total. The zero-order chi connectivity index (χ0) is 13.7. The first-order valence-electron chi connectivity index (χ1n) is 6.27. The Hall–Kier alpha value is -1.88. The van der Waals surface area contributed by atoms with E-state index >= 15 is 0 Å². The summed E-state index contributed by atoms with van der Waals surface area (Å²) >= 11 is 0. The number of benzene rings is 1. The molecule has 0 atom stereocenters. The Morgan fingerprint density at radius 3 is 2.68 bits per heavy atom. The van der Waals surface area contributed by atoms with Crippen molar-refractivity contribution >= 4 is 6.01 Å². The smallest absolute Gasteiger partial charge is 0.321 e.